The van der Waals surface area contributed by atoms with Gasteiger partial charge in [0.05, 0.1) is 33.5 Å². The Hall–Kier alpha value is -1.56. The van der Waals surface area contributed by atoms with Crippen LogP contribution in [0.1, 0.15) is 0 Å². The van der Waals surface area contributed by atoms with Crippen molar-refractivity contribution in [2.75, 3.05) is 17.7 Å². The van der Waals surface area contributed by atoms with Gasteiger partial charge in [0.1, 0.15) is 10.1 Å². The van der Waals surface area contributed by atoms with E-state index in [1.54, 1.807) is 0 Å². The maximum absolute atomic E-state index is 13.1. The van der Waals surface area contributed by atoms with Crippen LogP contribution in [-0.2, 0) is 34.5 Å². The third kappa shape index (κ3) is 10.2. The first-order valence-electron chi connectivity index (χ1n) is 11.0. The quantitative estimate of drug-likeness (QED) is 0.0944. The van der Waals surface area contributed by atoms with Gasteiger partial charge >= 0.3 is 69.5 Å². The molecule has 222 valence electrons. The molecule has 0 aliphatic heterocycles. The topological polar surface area (TPSA) is 253 Å². The first-order chi connectivity index (χ1) is 19.5. The molecule has 0 saturated heterocycles. The molecule has 0 fully saturated rings. The molecule has 2 N–H and O–H groups in total. The molecule has 0 atom stereocenters. The van der Waals surface area contributed by atoms with E-state index >= 15 is 0 Å². The summed E-state index contributed by atoms with van der Waals surface area (Å²) in [5.74, 6) is -1.75. The average molecular weight is 723 g/mol. The summed E-state index contributed by atoms with van der Waals surface area (Å²) >= 11 is 11.5. The molecule has 0 aliphatic carbocycles. The number of fused-ring (bicyclic) bond motifs is 1. The fourth-order valence-corrected chi connectivity index (χ4v) is 5.90. The Morgan fingerprint density at radius 3 is 2.07 bits per heavy atom. The van der Waals surface area contributed by atoms with Crippen LogP contribution in [0.3, 0.4) is 0 Å². The second kappa shape index (κ2) is 15.4. The molecule has 0 radical (unpaired) electrons. The van der Waals surface area contributed by atoms with Crippen LogP contribution >= 0.6 is 23.2 Å². The number of nitrogens with zero attached hydrogens (tertiary/aromatic N) is 5. The van der Waals surface area contributed by atoms with Gasteiger partial charge in [-0.3, -0.25) is 4.55 Å². The number of nitrogens with one attached hydrogen (secondary N) is 1. The van der Waals surface area contributed by atoms with Gasteiger partial charge in [-0.2, -0.15) is 28.5 Å². The van der Waals surface area contributed by atoms with Crippen molar-refractivity contribution in [1.82, 2.24) is 15.0 Å². The van der Waals surface area contributed by atoms with Crippen molar-refractivity contribution >= 4 is 87.3 Å². The molecule has 0 unspecified atom stereocenters. The summed E-state index contributed by atoms with van der Waals surface area (Å²) in [5.41, 5.74) is -0.511. The van der Waals surface area contributed by atoms with Gasteiger partial charge in [0.2, 0.25) is 16.5 Å². The summed E-state index contributed by atoms with van der Waals surface area (Å²) in [4.78, 5) is 10.1. The molecule has 44 heavy (non-hydrogen) atoms. The van der Waals surface area contributed by atoms with Crippen molar-refractivity contribution in [3.63, 3.8) is 0 Å². The standard InChI is InChI=1S/C21H16Cl2N6O10S3.2Na/c22-19-25-20(23)27-21(26-19)24-13-3-6-15-11(9-13)10-16(41(33,34)35)17(18(15)30)29-28-12-1-4-14(5-2-12)40(31,32)8-7-39-42(36,37)38;;/h1-6,9-10,30H,7-8H2,(H,33,34,35)(H,36,37,38)(H,24,25,26,27);;/q;2*+1/p-2. The van der Waals surface area contributed by atoms with E-state index in [1.807, 2.05) is 0 Å². The van der Waals surface area contributed by atoms with Gasteiger partial charge in [-0.1, -0.05) is 11.8 Å². The van der Waals surface area contributed by atoms with E-state index in [1.165, 1.54) is 18.2 Å². The van der Waals surface area contributed by atoms with Gasteiger partial charge in [0.15, 0.2) is 9.84 Å². The number of anilines is 2. The SMILES string of the molecule is O=S(=O)(O)OCCS(=O)(=O)c1ccc(N=Nc2c(S(=O)(=O)[O-])cc3cc(Nc4nc(Cl)nc(Cl)n4)ccc3c2[O-])cc1.[Na+].[Na+]. The van der Waals surface area contributed by atoms with Crippen LogP contribution in [0.15, 0.2) is 68.6 Å². The Balaban J connectivity index is 0.00000337. The molecule has 0 amide bonds. The van der Waals surface area contributed by atoms with Crippen molar-refractivity contribution in [1.29, 1.82) is 0 Å². The summed E-state index contributed by atoms with van der Waals surface area (Å²) in [7, 11) is -14.1. The number of halogens is 2. The van der Waals surface area contributed by atoms with Gasteiger partial charge in [-0.25, -0.2) is 21.0 Å². The molecule has 0 saturated carbocycles. The van der Waals surface area contributed by atoms with Crippen LogP contribution in [-0.4, -0.2) is 61.7 Å². The minimum Gasteiger partial charge on any atom is -0.871 e. The number of benzene rings is 3. The third-order valence-electron chi connectivity index (χ3n) is 5.18. The van der Waals surface area contributed by atoms with Gasteiger partial charge in [0, 0.05) is 5.69 Å². The van der Waals surface area contributed by atoms with Gasteiger partial charge < -0.3 is 15.0 Å². The Kier molecular flexibility index (Phi) is 13.5. The first-order valence-corrected chi connectivity index (χ1v) is 16.1. The number of azo groups is 1. The zero-order valence-electron chi connectivity index (χ0n) is 22.4. The largest absolute Gasteiger partial charge is 1.00 e. The molecule has 16 nitrogen and oxygen atoms in total. The number of rotatable bonds is 10. The van der Waals surface area contributed by atoms with Crippen LogP contribution < -0.4 is 69.5 Å². The fourth-order valence-electron chi connectivity index (χ4n) is 3.41. The molecule has 0 bridgehead atoms. The summed E-state index contributed by atoms with van der Waals surface area (Å²) in [6, 6.07) is 9.54. The number of sulfone groups is 1. The molecule has 4 rings (SSSR count). The zero-order valence-corrected chi connectivity index (χ0v) is 30.3. The summed E-state index contributed by atoms with van der Waals surface area (Å²) in [6.45, 7) is -0.832. The van der Waals surface area contributed by atoms with E-state index in [0.29, 0.717) is 0 Å². The molecular weight excluding hydrogens is 709 g/mol. The Morgan fingerprint density at radius 2 is 1.50 bits per heavy atom. The summed E-state index contributed by atoms with van der Waals surface area (Å²) < 4.78 is 94.4. The average Bonchev–Trinajstić information content (AvgIpc) is 2.86. The number of hydrogen-bond donors (Lipinski definition) is 2. The fraction of sp³-hybridized carbons (Fsp3) is 0.0952. The molecule has 3 aromatic carbocycles. The van der Waals surface area contributed by atoms with Crippen molar-refractivity contribution in [3.8, 4) is 5.75 Å². The molecular formula is C21H14Cl2N6Na2O10S3. The second-order valence-corrected chi connectivity index (χ2v) is 13.3. The first kappa shape index (κ1) is 38.6. The van der Waals surface area contributed by atoms with E-state index < -0.39 is 59.0 Å². The molecule has 1 aromatic heterocycles. The van der Waals surface area contributed by atoms with Crippen LogP contribution in [0.5, 0.6) is 5.75 Å². The molecule has 4 aromatic rings. The van der Waals surface area contributed by atoms with E-state index in [2.05, 4.69) is 34.7 Å². The van der Waals surface area contributed by atoms with E-state index in [4.69, 9.17) is 27.8 Å². The molecule has 0 spiro atoms. The summed E-state index contributed by atoms with van der Waals surface area (Å²) in [5, 5.41) is 23.0. The number of aromatic nitrogens is 3. The van der Waals surface area contributed by atoms with Crippen molar-refractivity contribution in [2.24, 2.45) is 10.2 Å². The van der Waals surface area contributed by atoms with E-state index in [0.717, 1.165) is 30.3 Å². The van der Waals surface area contributed by atoms with E-state index in [-0.39, 0.29) is 103 Å². The third-order valence-corrected chi connectivity index (χ3v) is 8.53. The Bertz CT molecular complexity index is 2040. The van der Waals surface area contributed by atoms with Crippen molar-refractivity contribution in [3.05, 3.63) is 59.1 Å². The Morgan fingerprint density at radius 1 is 0.886 bits per heavy atom. The summed E-state index contributed by atoms with van der Waals surface area (Å²) in [6.07, 6.45) is 0. The predicted molar refractivity (Wildman–Crippen MR) is 145 cm³/mol. The normalized spacial score (nSPS) is 12.1. The monoisotopic (exact) mass is 722 g/mol. The maximum Gasteiger partial charge on any atom is 1.00 e. The van der Waals surface area contributed by atoms with Crippen LogP contribution in [0, 0.1) is 0 Å². The smallest absolute Gasteiger partial charge is 0.871 e. The Labute approximate surface area is 304 Å². The van der Waals surface area contributed by atoms with Crippen molar-refractivity contribution < 1.29 is 103 Å². The number of hydrogen-bond acceptors (Lipinski definition) is 15. The zero-order chi connectivity index (χ0) is 30.9. The second-order valence-electron chi connectivity index (χ2n) is 8.03. The van der Waals surface area contributed by atoms with Gasteiger partial charge in [0.25, 0.3) is 0 Å². The minimum absolute atomic E-state index is 0. The van der Waals surface area contributed by atoms with E-state index in [9.17, 15) is 34.9 Å². The molecule has 1 heterocycles. The van der Waals surface area contributed by atoms with Gasteiger partial charge in [-0.05, 0) is 76.4 Å². The maximum atomic E-state index is 13.1. The molecule has 23 heteroatoms. The van der Waals surface area contributed by atoms with Crippen LogP contribution in [0.2, 0.25) is 10.6 Å². The van der Waals surface area contributed by atoms with Crippen LogP contribution in [0.4, 0.5) is 23.0 Å². The molecule has 0 aliphatic rings. The van der Waals surface area contributed by atoms with Gasteiger partial charge in [-0.15, -0.1) is 5.11 Å². The van der Waals surface area contributed by atoms with Crippen molar-refractivity contribution in [2.45, 2.75) is 9.79 Å². The van der Waals surface area contributed by atoms with Crippen LogP contribution in [0.25, 0.3) is 10.8 Å². The predicted octanol–water partition coefficient (Wildman–Crippen LogP) is -2.93. The minimum atomic E-state index is -5.22.